The summed E-state index contributed by atoms with van der Waals surface area (Å²) in [4.78, 5) is 39.6. The van der Waals surface area contributed by atoms with Gasteiger partial charge in [0.2, 0.25) is 5.91 Å². The molecule has 3 rings (SSSR count). The Hall–Kier alpha value is -2.95. The predicted molar refractivity (Wildman–Crippen MR) is 100.0 cm³/mol. The number of hydrogen-bond acceptors (Lipinski definition) is 3. The Morgan fingerprint density at radius 1 is 1.00 bits per heavy atom. The summed E-state index contributed by atoms with van der Waals surface area (Å²) >= 11 is 0. The molecule has 0 saturated heterocycles. The van der Waals surface area contributed by atoms with E-state index < -0.39 is 17.9 Å². The standard InChI is InChI=1S/C21H22N2O3/c1-13(2)11-18(19(24)22-15-8-6-7-14(3)12-15)23-20(25)16-9-4-5-10-17(16)21(23)26/h4-10,12-13,18H,11H2,1-3H3,(H,22,24)/t18-/m1/s1. The average Bonchev–Trinajstić information content (AvgIpc) is 2.84. The van der Waals surface area contributed by atoms with Crippen molar-refractivity contribution in [3.63, 3.8) is 0 Å². The molecule has 0 fully saturated rings. The minimum Gasteiger partial charge on any atom is -0.324 e. The maximum atomic E-state index is 12.9. The van der Waals surface area contributed by atoms with Gasteiger partial charge in [0, 0.05) is 5.69 Å². The molecule has 26 heavy (non-hydrogen) atoms. The van der Waals surface area contributed by atoms with E-state index in [1.165, 1.54) is 0 Å². The summed E-state index contributed by atoms with van der Waals surface area (Å²) in [6.45, 7) is 5.86. The molecule has 1 aliphatic rings. The average molecular weight is 350 g/mol. The van der Waals surface area contributed by atoms with Crippen molar-refractivity contribution in [2.24, 2.45) is 5.92 Å². The van der Waals surface area contributed by atoms with E-state index in [4.69, 9.17) is 0 Å². The molecule has 0 spiro atoms. The second-order valence-electron chi connectivity index (χ2n) is 7.03. The molecule has 3 amide bonds. The van der Waals surface area contributed by atoms with E-state index in [2.05, 4.69) is 5.32 Å². The van der Waals surface area contributed by atoms with E-state index in [0.29, 0.717) is 23.2 Å². The Bertz CT molecular complexity index is 838. The largest absolute Gasteiger partial charge is 0.324 e. The molecule has 0 unspecified atom stereocenters. The number of hydrogen-bond donors (Lipinski definition) is 1. The lowest BCUT2D eigenvalue weighted by molar-refractivity contribution is -0.120. The van der Waals surface area contributed by atoms with E-state index in [-0.39, 0.29) is 11.8 Å². The van der Waals surface area contributed by atoms with Crippen LogP contribution >= 0.6 is 0 Å². The van der Waals surface area contributed by atoms with Crippen LogP contribution in [0.3, 0.4) is 0 Å². The molecular weight excluding hydrogens is 328 g/mol. The van der Waals surface area contributed by atoms with Gasteiger partial charge in [0.1, 0.15) is 6.04 Å². The highest BCUT2D eigenvalue weighted by molar-refractivity contribution is 6.23. The smallest absolute Gasteiger partial charge is 0.262 e. The summed E-state index contributed by atoms with van der Waals surface area (Å²) in [5, 5.41) is 2.85. The first kappa shape index (κ1) is 17.9. The molecule has 0 saturated carbocycles. The van der Waals surface area contributed by atoms with Crippen LogP contribution in [0.2, 0.25) is 0 Å². The van der Waals surface area contributed by atoms with Crippen LogP contribution in [-0.2, 0) is 4.79 Å². The Morgan fingerprint density at radius 3 is 2.15 bits per heavy atom. The lowest BCUT2D eigenvalue weighted by Crippen LogP contribution is -2.47. The minimum absolute atomic E-state index is 0.146. The lowest BCUT2D eigenvalue weighted by atomic mass is 10.0. The van der Waals surface area contributed by atoms with Crippen molar-refractivity contribution in [3.05, 3.63) is 65.2 Å². The number of amides is 3. The SMILES string of the molecule is Cc1cccc(NC(=O)[C@@H](CC(C)C)N2C(=O)c3ccccc3C2=O)c1. The van der Waals surface area contributed by atoms with Crippen LogP contribution in [0.15, 0.2) is 48.5 Å². The Kier molecular flexibility index (Phi) is 4.89. The van der Waals surface area contributed by atoms with Crippen molar-refractivity contribution < 1.29 is 14.4 Å². The molecule has 5 heteroatoms. The van der Waals surface area contributed by atoms with Crippen molar-refractivity contribution in [1.82, 2.24) is 4.90 Å². The van der Waals surface area contributed by atoms with Crippen LogP contribution in [0.4, 0.5) is 5.69 Å². The van der Waals surface area contributed by atoms with Crippen LogP contribution in [0.25, 0.3) is 0 Å². The van der Waals surface area contributed by atoms with Crippen molar-refractivity contribution in [2.45, 2.75) is 33.2 Å². The fourth-order valence-corrected chi connectivity index (χ4v) is 3.22. The third-order valence-electron chi connectivity index (χ3n) is 4.42. The first-order chi connectivity index (χ1) is 12.4. The minimum atomic E-state index is -0.845. The molecule has 0 bridgehead atoms. The first-order valence-corrected chi connectivity index (χ1v) is 8.73. The summed E-state index contributed by atoms with van der Waals surface area (Å²) in [6, 6.07) is 13.3. The first-order valence-electron chi connectivity index (χ1n) is 8.73. The number of nitrogens with zero attached hydrogens (tertiary/aromatic N) is 1. The molecule has 1 N–H and O–H groups in total. The topological polar surface area (TPSA) is 66.5 Å². The summed E-state index contributed by atoms with van der Waals surface area (Å²) in [5.41, 5.74) is 2.38. The Morgan fingerprint density at radius 2 is 1.62 bits per heavy atom. The van der Waals surface area contributed by atoms with Crippen LogP contribution in [0.5, 0.6) is 0 Å². The van der Waals surface area contributed by atoms with Crippen LogP contribution < -0.4 is 5.32 Å². The molecule has 134 valence electrons. The fraction of sp³-hybridized carbons (Fsp3) is 0.286. The number of nitrogens with one attached hydrogen (secondary N) is 1. The summed E-state index contributed by atoms with van der Waals surface area (Å²) in [5.74, 6) is -1.02. The summed E-state index contributed by atoms with van der Waals surface area (Å²) < 4.78 is 0. The maximum Gasteiger partial charge on any atom is 0.262 e. The molecule has 0 aromatic heterocycles. The maximum absolute atomic E-state index is 12.9. The van der Waals surface area contributed by atoms with Crippen molar-refractivity contribution in [3.8, 4) is 0 Å². The highest BCUT2D eigenvalue weighted by Crippen LogP contribution is 2.27. The number of benzene rings is 2. The molecule has 5 nitrogen and oxygen atoms in total. The van der Waals surface area contributed by atoms with E-state index in [0.717, 1.165) is 10.5 Å². The third-order valence-corrected chi connectivity index (χ3v) is 4.42. The molecule has 1 heterocycles. The van der Waals surface area contributed by atoms with Crippen LogP contribution in [0.1, 0.15) is 46.5 Å². The van der Waals surface area contributed by atoms with Crippen LogP contribution in [0, 0.1) is 12.8 Å². The van der Waals surface area contributed by atoms with Crippen LogP contribution in [-0.4, -0.2) is 28.7 Å². The van der Waals surface area contributed by atoms with E-state index in [1.54, 1.807) is 30.3 Å². The third kappa shape index (κ3) is 3.38. The zero-order valence-corrected chi connectivity index (χ0v) is 15.2. The fourth-order valence-electron chi connectivity index (χ4n) is 3.22. The molecule has 2 aromatic rings. The second-order valence-corrected chi connectivity index (χ2v) is 7.03. The van der Waals surface area contributed by atoms with Gasteiger partial charge < -0.3 is 5.32 Å². The number of rotatable bonds is 5. The zero-order valence-electron chi connectivity index (χ0n) is 15.2. The molecule has 0 radical (unpaired) electrons. The number of anilines is 1. The number of carbonyl (C=O) groups is 3. The van der Waals surface area contributed by atoms with Gasteiger partial charge in [-0.3, -0.25) is 19.3 Å². The number of fused-ring (bicyclic) bond motifs is 1. The Labute approximate surface area is 153 Å². The van der Waals surface area contributed by atoms with E-state index in [9.17, 15) is 14.4 Å². The van der Waals surface area contributed by atoms with Gasteiger partial charge in [-0.2, -0.15) is 0 Å². The number of aryl methyl sites for hydroxylation is 1. The van der Waals surface area contributed by atoms with Gasteiger partial charge in [-0.25, -0.2) is 0 Å². The molecule has 0 aliphatic carbocycles. The second kappa shape index (κ2) is 7.12. The van der Waals surface area contributed by atoms with Gasteiger partial charge in [-0.05, 0) is 49.1 Å². The predicted octanol–water partition coefficient (Wildman–Crippen LogP) is 3.64. The van der Waals surface area contributed by atoms with E-state index in [1.807, 2.05) is 39.0 Å². The van der Waals surface area contributed by atoms with Gasteiger partial charge in [-0.1, -0.05) is 38.1 Å². The normalized spacial score (nSPS) is 14.5. The van der Waals surface area contributed by atoms with Crippen molar-refractivity contribution >= 4 is 23.4 Å². The zero-order chi connectivity index (χ0) is 18.8. The number of imide groups is 1. The summed E-state index contributed by atoms with van der Waals surface area (Å²) in [7, 11) is 0. The molecule has 1 aliphatic heterocycles. The van der Waals surface area contributed by atoms with Gasteiger partial charge >= 0.3 is 0 Å². The highest BCUT2D eigenvalue weighted by Gasteiger charge is 2.42. The highest BCUT2D eigenvalue weighted by atomic mass is 16.2. The van der Waals surface area contributed by atoms with Crippen molar-refractivity contribution in [1.29, 1.82) is 0 Å². The van der Waals surface area contributed by atoms with Gasteiger partial charge in [0.15, 0.2) is 0 Å². The monoisotopic (exact) mass is 350 g/mol. The molecular formula is C21H22N2O3. The van der Waals surface area contributed by atoms with Gasteiger partial charge in [0.05, 0.1) is 11.1 Å². The summed E-state index contributed by atoms with van der Waals surface area (Å²) in [6.07, 6.45) is 0.406. The molecule has 2 aromatic carbocycles. The van der Waals surface area contributed by atoms with Crippen molar-refractivity contribution in [2.75, 3.05) is 5.32 Å². The lowest BCUT2D eigenvalue weighted by Gasteiger charge is -2.26. The number of carbonyl (C=O) groups excluding carboxylic acids is 3. The quantitative estimate of drug-likeness (QED) is 0.837. The van der Waals surface area contributed by atoms with Gasteiger partial charge in [0.25, 0.3) is 11.8 Å². The van der Waals surface area contributed by atoms with Gasteiger partial charge in [-0.15, -0.1) is 0 Å². The van der Waals surface area contributed by atoms with E-state index >= 15 is 0 Å². The molecule has 1 atom stereocenters. The Balaban J connectivity index is 1.90.